The molecule has 0 atom stereocenters. The van der Waals surface area contributed by atoms with E-state index < -0.39 is 18.6 Å². The van der Waals surface area contributed by atoms with Gasteiger partial charge in [0.2, 0.25) is 5.91 Å². The highest BCUT2D eigenvalue weighted by Gasteiger charge is 2.28. The number of amides is 1. The van der Waals surface area contributed by atoms with Crippen LogP contribution in [0.3, 0.4) is 0 Å². The van der Waals surface area contributed by atoms with Gasteiger partial charge in [-0.15, -0.1) is 0 Å². The van der Waals surface area contributed by atoms with Crippen molar-refractivity contribution in [2.45, 2.75) is 38.9 Å². The minimum Gasteiger partial charge on any atom is -0.346 e. The fourth-order valence-corrected chi connectivity index (χ4v) is 2.29. The Morgan fingerprint density at radius 1 is 1.35 bits per heavy atom. The summed E-state index contributed by atoms with van der Waals surface area (Å²) in [5.41, 5.74) is 0. The number of nitrogens with one attached hydrogen (secondary N) is 2. The molecular formula is C13H24F3N3O. The Labute approximate surface area is 118 Å². The number of hydrogen-bond acceptors (Lipinski definition) is 3. The third kappa shape index (κ3) is 7.09. The van der Waals surface area contributed by atoms with Gasteiger partial charge in [-0.05, 0) is 45.7 Å². The molecule has 0 bridgehead atoms. The van der Waals surface area contributed by atoms with E-state index >= 15 is 0 Å². The second kappa shape index (κ2) is 7.83. The molecule has 0 spiro atoms. The molecule has 0 saturated carbocycles. The van der Waals surface area contributed by atoms with Gasteiger partial charge in [0.05, 0.1) is 6.54 Å². The van der Waals surface area contributed by atoms with E-state index in [2.05, 4.69) is 5.32 Å². The summed E-state index contributed by atoms with van der Waals surface area (Å²) in [6.07, 6.45) is -2.26. The van der Waals surface area contributed by atoms with Crippen LogP contribution in [-0.4, -0.2) is 55.7 Å². The van der Waals surface area contributed by atoms with Crippen molar-refractivity contribution in [3.63, 3.8) is 0 Å². The molecule has 7 heteroatoms. The number of alkyl halides is 3. The minimum atomic E-state index is -4.35. The van der Waals surface area contributed by atoms with E-state index in [0.29, 0.717) is 5.92 Å². The van der Waals surface area contributed by atoms with Crippen LogP contribution in [0.2, 0.25) is 0 Å². The molecule has 1 aliphatic rings. The van der Waals surface area contributed by atoms with Gasteiger partial charge in [0.25, 0.3) is 0 Å². The third-order valence-electron chi connectivity index (χ3n) is 3.51. The largest absolute Gasteiger partial charge is 0.405 e. The summed E-state index contributed by atoms with van der Waals surface area (Å²) in [6.45, 7) is 5.38. The van der Waals surface area contributed by atoms with Crippen molar-refractivity contribution in [1.29, 1.82) is 0 Å². The molecule has 20 heavy (non-hydrogen) atoms. The van der Waals surface area contributed by atoms with E-state index in [1.165, 1.54) is 0 Å². The molecule has 1 heterocycles. The van der Waals surface area contributed by atoms with Gasteiger partial charge >= 0.3 is 6.18 Å². The molecule has 0 radical (unpaired) electrons. The Hall–Kier alpha value is -0.820. The molecule has 0 unspecified atom stereocenters. The van der Waals surface area contributed by atoms with Crippen LogP contribution in [0.4, 0.5) is 13.2 Å². The van der Waals surface area contributed by atoms with Crippen LogP contribution in [0.5, 0.6) is 0 Å². The van der Waals surface area contributed by atoms with Gasteiger partial charge in [0, 0.05) is 12.6 Å². The summed E-state index contributed by atoms with van der Waals surface area (Å²) in [5, 5.41) is 5.20. The highest BCUT2D eigenvalue weighted by molar-refractivity contribution is 5.78. The van der Waals surface area contributed by atoms with E-state index in [4.69, 9.17) is 0 Å². The maximum Gasteiger partial charge on any atom is 0.405 e. The van der Waals surface area contributed by atoms with Gasteiger partial charge in [0.15, 0.2) is 0 Å². The third-order valence-corrected chi connectivity index (χ3v) is 3.51. The van der Waals surface area contributed by atoms with E-state index in [1.807, 2.05) is 24.1 Å². The normalized spacial score (nSPS) is 17.8. The van der Waals surface area contributed by atoms with Crippen molar-refractivity contribution in [1.82, 2.24) is 15.5 Å². The Bertz CT molecular complexity index is 302. The maximum absolute atomic E-state index is 12.0. The van der Waals surface area contributed by atoms with Crippen molar-refractivity contribution in [2.24, 2.45) is 5.92 Å². The molecular weight excluding hydrogens is 271 g/mol. The topological polar surface area (TPSA) is 44.4 Å². The predicted molar refractivity (Wildman–Crippen MR) is 71.4 cm³/mol. The summed E-state index contributed by atoms with van der Waals surface area (Å²) in [6, 6.07) is 0.140. The molecule has 0 aliphatic carbocycles. The van der Waals surface area contributed by atoms with Crippen LogP contribution in [0, 0.1) is 5.92 Å². The van der Waals surface area contributed by atoms with Crippen molar-refractivity contribution < 1.29 is 18.0 Å². The predicted octanol–water partition coefficient (Wildman–Crippen LogP) is 1.37. The zero-order valence-electron chi connectivity index (χ0n) is 12.1. The average Bonchev–Trinajstić information content (AvgIpc) is 2.36. The summed E-state index contributed by atoms with van der Waals surface area (Å²) in [5.74, 6) is -0.0565. The minimum absolute atomic E-state index is 0.0255. The van der Waals surface area contributed by atoms with E-state index in [0.717, 1.165) is 32.5 Å². The number of hydrogen-bond donors (Lipinski definition) is 2. The van der Waals surface area contributed by atoms with Crippen molar-refractivity contribution in [3.05, 3.63) is 0 Å². The Balaban J connectivity index is 2.39. The second-order valence-electron chi connectivity index (χ2n) is 5.61. The lowest BCUT2D eigenvalue weighted by Crippen LogP contribution is -2.46. The van der Waals surface area contributed by atoms with E-state index in [1.54, 1.807) is 0 Å². The molecule has 1 amide bonds. The van der Waals surface area contributed by atoms with Crippen LogP contribution in [0.15, 0.2) is 0 Å². The first-order valence-electron chi connectivity index (χ1n) is 7.06. The van der Waals surface area contributed by atoms with Crippen LogP contribution >= 0.6 is 0 Å². The Kier molecular flexibility index (Phi) is 6.75. The lowest BCUT2D eigenvalue weighted by Gasteiger charge is -2.32. The molecule has 1 rings (SSSR count). The van der Waals surface area contributed by atoms with Gasteiger partial charge < -0.3 is 10.6 Å². The highest BCUT2D eigenvalue weighted by atomic mass is 19.4. The average molecular weight is 295 g/mol. The summed E-state index contributed by atoms with van der Waals surface area (Å²) < 4.78 is 36.1. The maximum atomic E-state index is 12.0. The van der Waals surface area contributed by atoms with Crippen LogP contribution in [-0.2, 0) is 4.79 Å². The number of nitrogens with zero attached hydrogens (tertiary/aromatic N) is 1. The number of piperidine rings is 1. The quantitative estimate of drug-likeness (QED) is 0.778. The van der Waals surface area contributed by atoms with Crippen LogP contribution in [0.1, 0.15) is 26.7 Å². The smallest absolute Gasteiger partial charge is 0.346 e. The number of carbonyl (C=O) groups excluding carboxylic acids is 1. The van der Waals surface area contributed by atoms with Crippen LogP contribution in [0.25, 0.3) is 0 Å². The van der Waals surface area contributed by atoms with E-state index in [9.17, 15) is 18.0 Å². The van der Waals surface area contributed by atoms with Gasteiger partial charge in [-0.3, -0.25) is 9.69 Å². The lowest BCUT2D eigenvalue weighted by molar-refractivity contribution is -0.139. The number of halogens is 3. The molecule has 1 aliphatic heterocycles. The molecule has 0 aromatic heterocycles. The SMILES string of the molecule is CC(C)N(CC(=O)NCC(F)(F)F)CC1CCNCC1. The van der Waals surface area contributed by atoms with Gasteiger partial charge in [-0.1, -0.05) is 0 Å². The summed E-state index contributed by atoms with van der Waals surface area (Å²) in [7, 11) is 0. The van der Waals surface area contributed by atoms with Gasteiger partial charge in [-0.25, -0.2) is 0 Å². The molecule has 2 N–H and O–H groups in total. The molecule has 1 saturated heterocycles. The zero-order valence-corrected chi connectivity index (χ0v) is 12.1. The fourth-order valence-electron chi connectivity index (χ4n) is 2.29. The monoisotopic (exact) mass is 295 g/mol. The number of rotatable bonds is 6. The first-order valence-corrected chi connectivity index (χ1v) is 7.06. The fraction of sp³-hybridized carbons (Fsp3) is 0.923. The standard InChI is InChI=1S/C13H24F3N3O/c1-10(2)19(7-11-3-5-17-6-4-11)8-12(20)18-9-13(14,15)16/h10-11,17H,3-9H2,1-2H3,(H,18,20). The highest BCUT2D eigenvalue weighted by Crippen LogP contribution is 2.15. The Morgan fingerprint density at radius 3 is 2.45 bits per heavy atom. The van der Waals surface area contributed by atoms with Gasteiger partial charge in [0.1, 0.15) is 6.54 Å². The van der Waals surface area contributed by atoms with Gasteiger partial charge in [-0.2, -0.15) is 13.2 Å². The Morgan fingerprint density at radius 2 is 1.95 bits per heavy atom. The van der Waals surface area contributed by atoms with E-state index in [-0.39, 0.29) is 12.6 Å². The molecule has 0 aromatic carbocycles. The second-order valence-corrected chi connectivity index (χ2v) is 5.61. The summed E-state index contributed by atoms with van der Waals surface area (Å²) >= 11 is 0. The summed E-state index contributed by atoms with van der Waals surface area (Å²) in [4.78, 5) is 13.5. The number of carbonyl (C=O) groups is 1. The van der Waals surface area contributed by atoms with Crippen molar-refractivity contribution >= 4 is 5.91 Å². The lowest BCUT2D eigenvalue weighted by atomic mass is 9.97. The molecule has 0 aromatic rings. The molecule has 118 valence electrons. The zero-order chi connectivity index (χ0) is 15.2. The van der Waals surface area contributed by atoms with Crippen molar-refractivity contribution in [2.75, 3.05) is 32.7 Å². The van der Waals surface area contributed by atoms with Crippen LogP contribution < -0.4 is 10.6 Å². The molecule has 4 nitrogen and oxygen atoms in total. The first kappa shape index (κ1) is 17.2. The first-order chi connectivity index (χ1) is 9.28. The molecule has 1 fully saturated rings. The van der Waals surface area contributed by atoms with Crippen molar-refractivity contribution in [3.8, 4) is 0 Å².